The minimum Gasteiger partial charge on any atom is -0.344 e. The standard InChI is InChI=1S/C30H23NO2/c1-30(2)25(18-9-5-4-6-10-18)17-27-26(30)16-21(31(27)3)15-24-28(32)22-13-19-11-7-8-12-20(19)14-23(22)29(24)33/h4-17H,1-3H3. The van der Waals surface area contributed by atoms with Gasteiger partial charge >= 0.3 is 0 Å². The van der Waals surface area contributed by atoms with Crippen molar-refractivity contribution in [2.45, 2.75) is 19.3 Å². The average Bonchev–Trinajstić information content (AvgIpc) is 3.36. The second-order valence-corrected chi connectivity index (χ2v) is 9.44. The third-order valence-corrected chi connectivity index (χ3v) is 7.19. The lowest BCUT2D eigenvalue weighted by atomic mass is 9.79. The first-order valence-corrected chi connectivity index (χ1v) is 11.2. The van der Waals surface area contributed by atoms with Gasteiger partial charge in [-0.15, -0.1) is 0 Å². The highest BCUT2D eigenvalue weighted by Crippen LogP contribution is 2.47. The molecule has 0 unspecified atom stereocenters. The molecule has 0 bridgehead atoms. The SMILES string of the molecule is Cn1c(C=C2C(=O)c3cc4ccccc4cc3C2=O)cc2c1C=C(c1ccccc1)C2(C)C. The van der Waals surface area contributed by atoms with Crippen LogP contribution in [-0.4, -0.2) is 16.1 Å². The Bertz CT molecular complexity index is 1510. The van der Waals surface area contributed by atoms with E-state index in [4.69, 9.17) is 0 Å². The number of aromatic nitrogens is 1. The van der Waals surface area contributed by atoms with Crippen LogP contribution in [0.25, 0.3) is 28.5 Å². The zero-order chi connectivity index (χ0) is 22.9. The van der Waals surface area contributed by atoms with Crippen molar-refractivity contribution in [1.29, 1.82) is 0 Å². The normalized spacial score (nSPS) is 16.2. The number of ketones is 2. The van der Waals surface area contributed by atoms with E-state index in [1.54, 1.807) is 6.08 Å². The van der Waals surface area contributed by atoms with E-state index in [1.807, 2.05) is 49.5 Å². The lowest BCUT2D eigenvalue weighted by Crippen LogP contribution is -2.15. The molecule has 1 aromatic heterocycles. The fourth-order valence-electron chi connectivity index (χ4n) is 5.26. The highest BCUT2D eigenvalue weighted by atomic mass is 16.2. The summed E-state index contributed by atoms with van der Waals surface area (Å²) in [5.74, 6) is -0.385. The van der Waals surface area contributed by atoms with E-state index in [0.717, 1.165) is 22.2 Å². The summed E-state index contributed by atoms with van der Waals surface area (Å²) in [4.78, 5) is 26.4. The molecule has 3 heteroatoms. The molecular weight excluding hydrogens is 406 g/mol. The van der Waals surface area contributed by atoms with E-state index in [-0.39, 0.29) is 22.6 Å². The molecule has 1 heterocycles. The molecule has 2 aliphatic carbocycles. The van der Waals surface area contributed by atoms with Crippen molar-refractivity contribution in [3.05, 3.63) is 112 Å². The molecule has 160 valence electrons. The van der Waals surface area contributed by atoms with E-state index >= 15 is 0 Å². The van der Waals surface area contributed by atoms with Crippen molar-refractivity contribution in [1.82, 2.24) is 4.57 Å². The van der Waals surface area contributed by atoms with E-state index in [9.17, 15) is 9.59 Å². The molecule has 2 aliphatic rings. The number of benzene rings is 3. The average molecular weight is 430 g/mol. The molecule has 0 radical (unpaired) electrons. The first-order valence-electron chi connectivity index (χ1n) is 11.2. The van der Waals surface area contributed by atoms with Gasteiger partial charge in [0.25, 0.3) is 0 Å². The number of allylic oxidation sites excluding steroid dienone is 2. The predicted molar refractivity (Wildman–Crippen MR) is 133 cm³/mol. The maximum atomic E-state index is 13.2. The Balaban J connectivity index is 1.45. The number of carbonyl (C=O) groups is 2. The van der Waals surface area contributed by atoms with Crippen molar-refractivity contribution in [3.63, 3.8) is 0 Å². The highest BCUT2D eigenvalue weighted by Gasteiger charge is 2.37. The van der Waals surface area contributed by atoms with Crippen molar-refractivity contribution in [2.75, 3.05) is 0 Å². The van der Waals surface area contributed by atoms with E-state index in [0.29, 0.717) is 11.1 Å². The molecule has 0 fully saturated rings. The third kappa shape index (κ3) is 2.75. The molecule has 0 amide bonds. The number of hydrogen-bond donors (Lipinski definition) is 0. The van der Waals surface area contributed by atoms with Crippen LogP contribution < -0.4 is 0 Å². The Morgan fingerprint density at radius 1 is 0.788 bits per heavy atom. The van der Waals surface area contributed by atoms with Crippen LogP contribution in [0.2, 0.25) is 0 Å². The second-order valence-electron chi connectivity index (χ2n) is 9.44. The van der Waals surface area contributed by atoms with Gasteiger partial charge < -0.3 is 4.57 Å². The number of nitrogens with zero attached hydrogens (tertiary/aromatic N) is 1. The van der Waals surface area contributed by atoms with Gasteiger partial charge in [0.1, 0.15) is 0 Å². The smallest absolute Gasteiger partial charge is 0.197 e. The summed E-state index contributed by atoms with van der Waals surface area (Å²) in [6.07, 6.45) is 3.99. The number of fused-ring (bicyclic) bond motifs is 3. The number of Topliss-reactive ketones (excluding diaryl/α,β-unsaturated/α-hetero) is 2. The Kier molecular flexibility index (Phi) is 4.03. The summed E-state index contributed by atoms with van der Waals surface area (Å²) in [7, 11) is 2.00. The lowest BCUT2D eigenvalue weighted by Gasteiger charge is -2.23. The summed E-state index contributed by atoms with van der Waals surface area (Å²) in [5.41, 5.74) is 6.74. The maximum Gasteiger partial charge on any atom is 0.197 e. The van der Waals surface area contributed by atoms with Crippen LogP contribution in [0.1, 0.15) is 57.1 Å². The van der Waals surface area contributed by atoms with Crippen LogP contribution in [-0.2, 0) is 12.5 Å². The van der Waals surface area contributed by atoms with Crippen LogP contribution in [0.5, 0.6) is 0 Å². The van der Waals surface area contributed by atoms with Crippen molar-refractivity contribution in [3.8, 4) is 0 Å². The minimum atomic E-state index is -0.193. The van der Waals surface area contributed by atoms with Gasteiger partial charge in [-0.25, -0.2) is 0 Å². The molecule has 3 nitrogen and oxygen atoms in total. The Morgan fingerprint density at radius 3 is 1.94 bits per heavy atom. The molecule has 0 saturated carbocycles. The minimum absolute atomic E-state index is 0.171. The molecular formula is C30H23NO2. The van der Waals surface area contributed by atoms with Gasteiger partial charge in [-0.3, -0.25) is 9.59 Å². The maximum absolute atomic E-state index is 13.2. The first-order chi connectivity index (χ1) is 15.9. The molecule has 33 heavy (non-hydrogen) atoms. The Morgan fingerprint density at radius 2 is 1.36 bits per heavy atom. The van der Waals surface area contributed by atoms with Gasteiger partial charge in [0.15, 0.2) is 11.6 Å². The predicted octanol–water partition coefficient (Wildman–Crippen LogP) is 6.47. The van der Waals surface area contributed by atoms with Crippen molar-refractivity contribution < 1.29 is 9.59 Å². The van der Waals surface area contributed by atoms with E-state index in [1.165, 1.54) is 16.7 Å². The molecule has 4 aromatic rings. The lowest BCUT2D eigenvalue weighted by molar-refractivity contribution is 0.0990. The van der Waals surface area contributed by atoms with E-state index < -0.39 is 0 Å². The molecule has 3 aromatic carbocycles. The number of carbonyl (C=O) groups excluding carboxylic acids is 2. The molecule has 0 aliphatic heterocycles. The third-order valence-electron chi connectivity index (χ3n) is 7.19. The van der Waals surface area contributed by atoms with Gasteiger partial charge in [-0.05, 0) is 57.8 Å². The number of rotatable bonds is 2. The topological polar surface area (TPSA) is 39.1 Å². The quantitative estimate of drug-likeness (QED) is 0.270. The molecule has 0 atom stereocenters. The van der Waals surface area contributed by atoms with Gasteiger partial charge in [-0.2, -0.15) is 0 Å². The Labute approximate surface area is 192 Å². The summed E-state index contributed by atoms with van der Waals surface area (Å²) >= 11 is 0. The first kappa shape index (κ1) is 19.7. The van der Waals surface area contributed by atoms with Crippen molar-refractivity contribution >= 4 is 40.1 Å². The summed E-state index contributed by atoms with van der Waals surface area (Å²) in [5, 5.41) is 1.94. The molecule has 0 N–H and O–H groups in total. The zero-order valence-corrected chi connectivity index (χ0v) is 18.8. The van der Waals surface area contributed by atoms with Gasteiger partial charge in [-0.1, -0.05) is 68.4 Å². The molecule has 0 saturated heterocycles. The second kappa shape index (κ2) is 6.76. The van der Waals surface area contributed by atoms with Crippen LogP contribution in [0.4, 0.5) is 0 Å². The fraction of sp³-hybridized carbons (Fsp3) is 0.133. The Hall–Kier alpha value is -3.98. The van der Waals surface area contributed by atoms with Crippen LogP contribution >= 0.6 is 0 Å². The van der Waals surface area contributed by atoms with E-state index in [2.05, 4.69) is 54.8 Å². The summed E-state index contributed by atoms with van der Waals surface area (Å²) < 4.78 is 2.08. The fourth-order valence-corrected chi connectivity index (χ4v) is 5.26. The van der Waals surface area contributed by atoms with Crippen LogP contribution in [0.15, 0.2) is 78.4 Å². The highest BCUT2D eigenvalue weighted by molar-refractivity contribution is 6.42. The van der Waals surface area contributed by atoms with Crippen LogP contribution in [0.3, 0.4) is 0 Å². The zero-order valence-electron chi connectivity index (χ0n) is 18.8. The summed E-state index contributed by atoms with van der Waals surface area (Å²) in [6, 6.07) is 24.0. The van der Waals surface area contributed by atoms with Crippen LogP contribution in [0, 0.1) is 0 Å². The monoisotopic (exact) mass is 429 g/mol. The largest absolute Gasteiger partial charge is 0.344 e. The van der Waals surface area contributed by atoms with Gasteiger partial charge in [0.2, 0.25) is 0 Å². The molecule has 6 rings (SSSR count). The van der Waals surface area contributed by atoms with Gasteiger partial charge in [0.05, 0.1) is 5.57 Å². The number of hydrogen-bond acceptors (Lipinski definition) is 2. The van der Waals surface area contributed by atoms with Crippen molar-refractivity contribution in [2.24, 2.45) is 7.05 Å². The summed E-state index contributed by atoms with van der Waals surface area (Å²) in [6.45, 7) is 4.45. The molecule has 0 spiro atoms. The van der Waals surface area contributed by atoms with Gasteiger partial charge in [0, 0.05) is 35.0 Å².